The van der Waals surface area contributed by atoms with Crippen molar-refractivity contribution in [2.75, 3.05) is 26.8 Å². The lowest BCUT2D eigenvalue weighted by Gasteiger charge is -2.31. The average molecular weight is 250 g/mol. The van der Waals surface area contributed by atoms with E-state index in [9.17, 15) is 0 Å². The van der Waals surface area contributed by atoms with Gasteiger partial charge in [0.2, 0.25) is 0 Å². The van der Waals surface area contributed by atoms with Crippen molar-refractivity contribution in [2.24, 2.45) is 5.73 Å². The van der Waals surface area contributed by atoms with Gasteiger partial charge in [0, 0.05) is 25.2 Å². The van der Waals surface area contributed by atoms with Gasteiger partial charge in [-0.25, -0.2) is 0 Å². The second-order valence-corrected chi connectivity index (χ2v) is 4.90. The third kappa shape index (κ3) is 4.41. The molecule has 0 aromatic heterocycles. The minimum absolute atomic E-state index is 0.0958. The van der Waals surface area contributed by atoms with Crippen LogP contribution in [0.15, 0.2) is 24.3 Å². The number of nitrogens with zero attached hydrogens (tertiary/aromatic N) is 1. The monoisotopic (exact) mass is 250 g/mol. The molecule has 0 saturated heterocycles. The number of likely N-dealkylation sites (N-methyl/N-ethyl adjacent to an activating group) is 1. The maximum Gasteiger partial charge on any atom is 0.0593 e. The molecule has 18 heavy (non-hydrogen) atoms. The van der Waals surface area contributed by atoms with Crippen molar-refractivity contribution >= 4 is 0 Å². The summed E-state index contributed by atoms with van der Waals surface area (Å²) in [4.78, 5) is 2.27. The first-order valence-electron chi connectivity index (χ1n) is 6.66. The van der Waals surface area contributed by atoms with Crippen molar-refractivity contribution in [1.29, 1.82) is 0 Å². The van der Waals surface area contributed by atoms with Crippen molar-refractivity contribution in [3.05, 3.63) is 35.4 Å². The average Bonchev–Trinajstić information content (AvgIpc) is 2.29. The fraction of sp³-hybridized carbons (Fsp3) is 0.600. The van der Waals surface area contributed by atoms with Gasteiger partial charge >= 0.3 is 0 Å². The highest BCUT2D eigenvalue weighted by molar-refractivity contribution is 5.26. The topological polar surface area (TPSA) is 38.5 Å². The zero-order chi connectivity index (χ0) is 13.5. The Hall–Kier alpha value is -0.900. The Balaban J connectivity index is 2.76. The first-order chi connectivity index (χ1) is 8.56. The second-order valence-electron chi connectivity index (χ2n) is 4.90. The molecule has 0 bridgehead atoms. The van der Waals surface area contributed by atoms with Crippen LogP contribution < -0.4 is 5.73 Å². The highest BCUT2D eigenvalue weighted by Crippen LogP contribution is 2.22. The van der Waals surface area contributed by atoms with Crippen LogP contribution in [0.1, 0.15) is 31.0 Å². The molecule has 1 rings (SSSR count). The lowest BCUT2D eigenvalue weighted by molar-refractivity contribution is 0.102. The fourth-order valence-corrected chi connectivity index (χ4v) is 2.31. The Morgan fingerprint density at radius 3 is 2.67 bits per heavy atom. The van der Waals surface area contributed by atoms with Crippen LogP contribution in [0.2, 0.25) is 0 Å². The smallest absolute Gasteiger partial charge is 0.0593 e. The molecular weight excluding hydrogens is 224 g/mol. The molecule has 2 unspecified atom stereocenters. The van der Waals surface area contributed by atoms with E-state index in [4.69, 9.17) is 10.5 Å². The highest BCUT2D eigenvalue weighted by atomic mass is 16.5. The van der Waals surface area contributed by atoms with Crippen molar-refractivity contribution in [3.8, 4) is 0 Å². The molecule has 1 aromatic rings. The van der Waals surface area contributed by atoms with E-state index in [-0.39, 0.29) is 12.1 Å². The molecule has 0 aliphatic carbocycles. The van der Waals surface area contributed by atoms with Crippen LogP contribution in [0.5, 0.6) is 0 Å². The molecule has 1 aromatic carbocycles. The van der Waals surface area contributed by atoms with E-state index >= 15 is 0 Å². The quantitative estimate of drug-likeness (QED) is 0.755. The summed E-state index contributed by atoms with van der Waals surface area (Å²) < 4.78 is 5.41. The van der Waals surface area contributed by atoms with Crippen molar-refractivity contribution in [3.63, 3.8) is 0 Å². The fourth-order valence-electron chi connectivity index (χ4n) is 2.31. The molecule has 3 nitrogen and oxygen atoms in total. The van der Waals surface area contributed by atoms with Crippen molar-refractivity contribution < 1.29 is 4.74 Å². The molecule has 0 aliphatic rings. The molecule has 0 amide bonds. The van der Waals surface area contributed by atoms with Crippen molar-refractivity contribution in [2.45, 2.75) is 32.9 Å². The van der Waals surface area contributed by atoms with E-state index in [1.807, 2.05) is 6.92 Å². The van der Waals surface area contributed by atoms with Gasteiger partial charge in [-0.3, -0.25) is 4.90 Å². The molecule has 0 heterocycles. The Morgan fingerprint density at radius 1 is 1.39 bits per heavy atom. The van der Waals surface area contributed by atoms with Gasteiger partial charge in [-0.1, -0.05) is 29.8 Å². The minimum Gasteiger partial charge on any atom is -0.380 e. The third-order valence-electron chi connectivity index (χ3n) is 3.15. The normalized spacial score (nSPS) is 14.8. The van der Waals surface area contributed by atoms with Crippen LogP contribution in [0.4, 0.5) is 0 Å². The molecule has 0 saturated carbocycles. The first-order valence-corrected chi connectivity index (χ1v) is 6.66. The van der Waals surface area contributed by atoms with E-state index in [0.717, 1.165) is 19.8 Å². The summed E-state index contributed by atoms with van der Waals surface area (Å²) in [5, 5.41) is 0. The Morgan fingerprint density at radius 2 is 2.11 bits per heavy atom. The second kappa shape index (κ2) is 7.52. The van der Waals surface area contributed by atoms with Gasteiger partial charge in [-0.15, -0.1) is 0 Å². The van der Waals surface area contributed by atoms with E-state index < -0.39 is 0 Å². The zero-order valence-corrected chi connectivity index (χ0v) is 12.0. The summed E-state index contributed by atoms with van der Waals surface area (Å²) in [6.07, 6.45) is 0. The molecule has 2 atom stereocenters. The van der Waals surface area contributed by atoms with Crippen LogP contribution >= 0.6 is 0 Å². The van der Waals surface area contributed by atoms with Gasteiger partial charge in [0.05, 0.1) is 6.61 Å². The standard InChI is InChI=1S/C15H26N2O/c1-5-18-10-9-17(4)15(13(3)16)14-8-6-7-12(2)11-14/h6-8,11,13,15H,5,9-10,16H2,1-4H3. The lowest BCUT2D eigenvalue weighted by atomic mass is 9.98. The third-order valence-corrected chi connectivity index (χ3v) is 3.15. The molecule has 0 radical (unpaired) electrons. The highest BCUT2D eigenvalue weighted by Gasteiger charge is 2.20. The summed E-state index contributed by atoms with van der Waals surface area (Å²) >= 11 is 0. The number of benzene rings is 1. The molecule has 0 spiro atoms. The van der Waals surface area contributed by atoms with Gasteiger partial charge < -0.3 is 10.5 Å². The molecule has 0 aliphatic heterocycles. The van der Waals surface area contributed by atoms with Gasteiger partial charge in [0.15, 0.2) is 0 Å². The van der Waals surface area contributed by atoms with Gasteiger partial charge in [0.25, 0.3) is 0 Å². The minimum atomic E-state index is 0.0958. The molecular formula is C15H26N2O. The first kappa shape index (κ1) is 15.2. The molecule has 102 valence electrons. The number of nitrogens with two attached hydrogens (primary N) is 1. The number of ether oxygens (including phenoxy) is 1. The Bertz CT molecular complexity index is 352. The maximum absolute atomic E-state index is 6.14. The summed E-state index contributed by atoms with van der Waals surface area (Å²) in [7, 11) is 2.11. The summed E-state index contributed by atoms with van der Waals surface area (Å²) in [5.41, 5.74) is 8.70. The maximum atomic E-state index is 6.14. The van der Waals surface area contributed by atoms with Crippen LogP contribution in [-0.4, -0.2) is 37.7 Å². The molecule has 3 heteroatoms. The predicted molar refractivity (Wildman–Crippen MR) is 76.7 cm³/mol. The number of hydrogen-bond acceptors (Lipinski definition) is 3. The SMILES string of the molecule is CCOCCN(C)C(c1cccc(C)c1)C(C)N. The summed E-state index contributed by atoms with van der Waals surface area (Å²) in [6.45, 7) is 8.60. The van der Waals surface area contributed by atoms with E-state index in [2.05, 4.69) is 50.1 Å². The Labute approximate surface area is 111 Å². The number of aryl methyl sites for hydroxylation is 1. The van der Waals surface area contributed by atoms with Crippen LogP contribution in [0.3, 0.4) is 0 Å². The summed E-state index contributed by atoms with van der Waals surface area (Å²) in [6, 6.07) is 8.91. The van der Waals surface area contributed by atoms with E-state index in [0.29, 0.717) is 0 Å². The predicted octanol–water partition coefficient (Wildman–Crippen LogP) is 2.35. The number of rotatable bonds is 7. The van der Waals surface area contributed by atoms with Crippen molar-refractivity contribution in [1.82, 2.24) is 4.90 Å². The summed E-state index contributed by atoms with van der Waals surface area (Å²) in [5.74, 6) is 0. The van der Waals surface area contributed by atoms with Crippen LogP contribution in [0.25, 0.3) is 0 Å². The Kier molecular flexibility index (Phi) is 6.33. The molecule has 2 N–H and O–H groups in total. The van der Waals surface area contributed by atoms with Crippen LogP contribution in [-0.2, 0) is 4.74 Å². The van der Waals surface area contributed by atoms with Gasteiger partial charge in [-0.2, -0.15) is 0 Å². The van der Waals surface area contributed by atoms with Gasteiger partial charge in [0.1, 0.15) is 0 Å². The lowest BCUT2D eigenvalue weighted by Crippen LogP contribution is -2.38. The largest absolute Gasteiger partial charge is 0.380 e. The van der Waals surface area contributed by atoms with E-state index in [1.54, 1.807) is 0 Å². The van der Waals surface area contributed by atoms with Gasteiger partial charge in [-0.05, 0) is 33.4 Å². The number of hydrogen-bond donors (Lipinski definition) is 1. The van der Waals surface area contributed by atoms with Crippen LogP contribution in [0, 0.1) is 6.92 Å². The molecule has 0 fully saturated rings. The van der Waals surface area contributed by atoms with E-state index in [1.165, 1.54) is 11.1 Å². The zero-order valence-electron chi connectivity index (χ0n) is 12.0.